The number of aromatic nitrogens is 3. The van der Waals surface area contributed by atoms with Gasteiger partial charge < -0.3 is 4.90 Å². The van der Waals surface area contributed by atoms with E-state index in [1.807, 2.05) is 35.4 Å². The summed E-state index contributed by atoms with van der Waals surface area (Å²) in [4.78, 5) is 20.8. The lowest BCUT2D eigenvalue weighted by Gasteiger charge is -2.27. The molecule has 3 aromatic rings. The quantitative estimate of drug-likeness (QED) is 0.675. The summed E-state index contributed by atoms with van der Waals surface area (Å²) in [6.07, 6.45) is 13.9. The fraction of sp³-hybridized carbons (Fsp3) is 0.286. The van der Waals surface area contributed by atoms with E-state index in [0.29, 0.717) is 5.69 Å². The van der Waals surface area contributed by atoms with Gasteiger partial charge in [-0.15, -0.1) is 11.3 Å². The van der Waals surface area contributed by atoms with Crippen molar-refractivity contribution in [3.05, 3.63) is 70.9 Å². The average Bonchev–Trinajstić information content (AvgIpc) is 3.37. The highest BCUT2D eigenvalue weighted by Crippen LogP contribution is 2.22. The standard InChI is InChI=1S/C21H22N4OS/c26-21(20-16-18(10-12-22-20)25-14-5-11-23-25)24-13-3-1-2-6-17(24)8-9-19-7-4-15-27-19/h4-5,7-12,14-17H,1-3,6,13H2/b9-8+. The minimum atomic E-state index is -0.00765. The number of nitrogens with zero attached hydrogens (tertiary/aromatic N) is 4. The summed E-state index contributed by atoms with van der Waals surface area (Å²) in [5, 5.41) is 6.31. The first kappa shape index (κ1) is 17.7. The van der Waals surface area contributed by atoms with Gasteiger partial charge in [0.2, 0.25) is 0 Å². The molecule has 1 fully saturated rings. The fourth-order valence-corrected chi connectivity index (χ4v) is 4.05. The third kappa shape index (κ3) is 4.17. The predicted octanol–water partition coefficient (Wildman–Crippen LogP) is 4.43. The summed E-state index contributed by atoms with van der Waals surface area (Å²) in [5.74, 6) is -0.00765. The number of likely N-dealkylation sites (tertiary alicyclic amines) is 1. The van der Waals surface area contributed by atoms with E-state index < -0.39 is 0 Å². The molecular weight excluding hydrogens is 356 g/mol. The van der Waals surface area contributed by atoms with Gasteiger partial charge in [-0.05, 0) is 48.6 Å². The van der Waals surface area contributed by atoms with Crippen molar-refractivity contribution in [1.82, 2.24) is 19.7 Å². The van der Waals surface area contributed by atoms with E-state index >= 15 is 0 Å². The molecule has 1 unspecified atom stereocenters. The summed E-state index contributed by atoms with van der Waals surface area (Å²) in [6, 6.07) is 9.80. The third-order valence-corrected chi connectivity index (χ3v) is 5.66. The lowest BCUT2D eigenvalue weighted by atomic mass is 10.1. The molecule has 0 bridgehead atoms. The SMILES string of the molecule is O=C(c1cc(-n2cccn2)ccn1)N1CCCCCC1/C=C/c1cccs1. The lowest BCUT2D eigenvalue weighted by molar-refractivity contribution is 0.0712. The zero-order valence-corrected chi connectivity index (χ0v) is 15.9. The van der Waals surface area contributed by atoms with Crippen LogP contribution in [0.25, 0.3) is 11.8 Å². The van der Waals surface area contributed by atoms with Gasteiger partial charge >= 0.3 is 0 Å². The Kier molecular flexibility index (Phi) is 5.44. The molecule has 0 N–H and O–H groups in total. The topological polar surface area (TPSA) is 51.0 Å². The first-order chi connectivity index (χ1) is 13.3. The van der Waals surface area contributed by atoms with Crippen LogP contribution in [0.15, 0.2) is 60.4 Å². The number of carbonyl (C=O) groups is 1. The monoisotopic (exact) mass is 378 g/mol. The normalized spacial score (nSPS) is 17.9. The van der Waals surface area contributed by atoms with E-state index in [2.05, 4.69) is 33.7 Å². The molecule has 27 heavy (non-hydrogen) atoms. The van der Waals surface area contributed by atoms with Crippen LogP contribution in [-0.4, -0.2) is 38.2 Å². The molecule has 138 valence electrons. The molecule has 0 spiro atoms. The molecule has 0 radical (unpaired) electrons. The highest BCUT2D eigenvalue weighted by molar-refractivity contribution is 7.10. The zero-order valence-electron chi connectivity index (χ0n) is 15.1. The molecule has 1 saturated heterocycles. The highest BCUT2D eigenvalue weighted by Gasteiger charge is 2.25. The fourth-order valence-electron chi connectivity index (χ4n) is 3.43. The molecule has 0 aromatic carbocycles. The Morgan fingerprint density at radius 2 is 2.15 bits per heavy atom. The van der Waals surface area contributed by atoms with Crippen LogP contribution in [0.2, 0.25) is 0 Å². The number of hydrogen-bond donors (Lipinski definition) is 0. The molecule has 3 aromatic heterocycles. The van der Waals surface area contributed by atoms with Crippen molar-refractivity contribution in [2.24, 2.45) is 0 Å². The Bertz CT molecular complexity index is 902. The maximum atomic E-state index is 13.2. The van der Waals surface area contributed by atoms with Gasteiger partial charge in [0.25, 0.3) is 5.91 Å². The van der Waals surface area contributed by atoms with Crippen molar-refractivity contribution < 1.29 is 4.79 Å². The van der Waals surface area contributed by atoms with Crippen LogP contribution in [0, 0.1) is 0 Å². The Morgan fingerprint density at radius 3 is 2.96 bits per heavy atom. The zero-order chi connectivity index (χ0) is 18.5. The summed E-state index contributed by atoms with van der Waals surface area (Å²) < 4.78 is 1.75. The first-order valence-electron chi connectivity index (χ1n) is 9.30. The van der Waals surface area contributed by atoms with Crippen LogP contribution in [-0.2, 0) is 0 Å². The lowest BCUT2D eigenvalue weighted by Crippen LogP contribution is -2.39. The third-order valence-electron chi connectivity index (χ3n) is 4.82. The molecule has 6 heteroatoms. The van der Waals surface area contributed by atoms with Gasteiger partial charge in [0.15, 0.2) is 0 Å². The van der Waals surface area contributed by atoms with Crippen LogP contribution in [0.5, 0.6) is 0 Å². The van der Waals surface area contributed by atoms with Gasteiger partial charge in [0.05, 0.1) is 11.7 Å². The number of pyridine rings is 1. The molecule has 0 saturated carbocycles. The molecule has 4 rings (SSSR count). The van der Waals surface area contributed by atoms with Crippen molar-refractivity contribution in [3.8, 4) is 5.69 Å². The Hall–Kier alpha value is -2.73. The van der Waals surface area contributed by atoms with Gasteiger partial charge in [0, 0.05) is 30.0 Å². The van der Waals surface area contributed by atoms with E-state index in [4.69, 9.17) is 0 Å². The Balaban J connectivity index is 1.58. The molecule has 1 aliphatic heterocycles. The molecule has 5 nitrogen and oxygen atoms in total. The molecule has 1 aliphatic rings. The minimum Gasteiger partial charge on any atom is -0.331 e. The van der Waals surface area contributed by atoms with Crippen LogP contribution in [0.3, 0.4) is 0 Å². The van der Waals surface area contributed by atoms with Crippen molar-refractivity contribution in [1.29, 1.82) is 0 Å². The van der Waals surface area contributed by atoms with Crippen molar-refractivity contribution in [2.45, 2.75) is 31.7 Å². The maximum absolute atomic E-state index is 13.2. The first-order valence-corrected chi connectivity index (χ1v) is 10.2. The van der Waals surface area contributed by atoms with E-state index in [1.165, 1.54) is 4.88 Å². The smallest absolute Gasteiger partial charge is 0.273 e. The molecule has 1 atom stereocenters. The number of amides is 1. The van der Waals surface area contributed by atoms with Gasteiger partial charge in [-0.25, -0.2) is 4.68 Å². The largest absolute Gasteiger partial charge is 0.331 e. The average molecular weight is 379 g/mol. The van der Waals surface area contributed by atoms with Crippen LogP contribution in [0.1, 0.15) is 41.0 Å². The van der Waals surface area contributed by atoms with E-state index in [0.717, 1.165) is 37.9 Å². The predicted molar refractivity (Wildman–Crippen MR) is 108 cm³/mol. The number of thiophene rings is 1. The molecular formula is C21H22N4OS. The van der Waals surface area contributed by atoms with Crippen molar-refractivity contribution in [2.75, 3.05) is 6.54 Å². The molecule has 4 heterocycles. The molecule has 0 aliphatic carbocycles. The second-order valence-electron chi connectivity index (χ2n) is 6.64. The van der Waals surface area contributed by atoms with E-state index in [1.54, 1.807) is 28.4 Å². The minimum absolute atomic E-state index is 0.00765. The van der Waals surface area contributed by atoms with Crippen LogP contribution < -0.4 is 0 Å². The number of hydrogen-bond acceptors (Lipinski definition) is 4. The Labute approximate surface area is 163 Å². The van der Waals surface area contributed by atoms with Gasteiger partial charge in [-0.3, -0.25) is 9.78 Å². The van der Waals surface area contributed by atoms with E-state index in [9.17, 15) is 4.79 Å². The number of carbonyl (C=O) groups excluding carboxylic acids is 1. The van der Waals surface area contributed by atoms with Gasteiger partial charge in [-0.2, -0.15) is 5.10 Å². The van der Waals surface area contributed by atoms with Gasteiger partial charge in [-0.1, -0.05) is 25.0 Å². The number of rotatable bonds is 4. The van der Waals surface area contributed by atoms with Gasteiger partial charge in [0.1, 0.15) is 5.69 Å². The van der Waals surface area contributed by atoms with E-state index in [-0.39, 0.29) is 11.9 Å². The summed E-state index contributed by atoms with van der Waals surface area (Å²) in [7, 11) is 0. The summed E-state index contributed by atoms with van der Waals surface area (Å²) in [5.41, 5.74) is 1.32. The second kappa shape index (κ2) is 8.31. The second-order valence-corrected chi connectivity index (χ2v) is 7.62. The van der Waals surface area contributed by atoms with Crippen molar-refractivity contribution in [3.63, 3.8) is 0 Å². The highest BCUT2D eigenvalue weighted by atomic mass is 32.1. The summed E-state index contributed by atoms with van der Waals surface area (Å²) >= 11 is 1.71. The van der Waals surface area contributed by atoms with Crippen LogP contribution >= 0.6 is 11.3 Å². The van der Waals surface area contributed by atoms with Crippen LogP contribution in [0.4, 0.5) is 0 Å². The molecule has 1 amide bonds. The maximum Gasteiger partial charge on any atom is 0.273 e. The summed E-state index contributed by atoms with van der Waals surface area (Å²) in [6.45, 7) is 0.770. The Morgan fingerprint density at radius 1 is 1.19 bits per heavy atom. The van der Waals surface area contributed by atoms with Crippen molar-refractivity contribution >= 4 is 23.3 Å².